The van der Waals surface area contributed by atoms with Gasteiger partial charge in [-0.1, -0.05) is 0 Å². The maximum absolute atomic E-state index is 12.5. The molecule has 1 atom stereocenters. The number of alkyl halides is 6. The molecule has 0 rings (SSSR count). The quantitative estimate of drug-likeness (QED) is 0.532. The van der Waals surface area contributed by atoms with Crippen LogP contribution in [0.5, 0.6) is 0 Å². The Labute approximate surface area is 113 Å². The largest absolute Gasteiger partial charge is 0.479 e. The zero-order valence-corrected chi connectivity index (χ0v) is 10.7. The van der Waals surface area contributed by atoms with Crippen molar-refractivity contribution in [2.24, 2.45) is 0 Å². The van der Waals surface area contributed by atoms with E-state index >= 15 is 0 Å². The minimum absolute atomic E-state index is 0.222. The van der Waals surface area contributed by atoms with Gasteiger partial charge in [-0.25, -0.2) is 9.59 Å². The molecule has 3 N–H and O–H groups in total. The number of rotatable bonds is 5. The number of urea groups is 1. The van der Waals surface area contributed by atoms with Crippen LogP contribution in [0.25, 0.3) is 0 Å². The van der Waals surface area contributed by atoms with Gasteiger partial charge in [0, 0.05) is 12.3 Å². The molecule has 0 heterocycles. The smallest absolute Gasteiger partial charge is 0.441 e. The van der Waals surface area contributed by atoms with Gasteiger partial charge in [-0.15, -0.1) is 0 Å². The first kappa shape index (κ1) is 18.7. The van der Waals surface area contributed by atoms with E-state index in [2.05, 4.69) is 0 Å². The number of thioether (sulfide) groups is 1. The van der Waals surface area contributed by atoms with Crippen LogP contribution in [0.1, 0.15) is 6.92 Å². The molecule has 1 unspecified atom stereocenters. The number of carboxylic acids is 1. The van der Waals surface area contributed by atoms with Crippen LogP contribution in [0, 0.1) is 0 Å². The van der Waals surface area contributed by atoms with Gasteiger partial charge in [0.1, 0.15) is 0 Å². The van der Waals surface area contributed by atoms with Crippen molar-refractivity contribution in [3.63, 3.8) is 0 Å². The van der Waals surface area contributed by atoms with Gasteiger partial charge < -0.3 is 15.7 Å². The van der Waals surface area contributed by atoms with E-state index in [4.69, 9.17) is 5.11 Å². The molecule has 0 radical (unpaired) electrons. The van der Waals surface area contributed by atoms with Gasteiger partial charge in [0.15, 0.2) is 0 Å². The number of nitrogens with one attached hydrogen (secondary N) is 2. The molecule has 0 spiro atoms. The summed E-state index contributed by atoms with van der Waals surface area (Å²) in [5.41, 5.74) is -8.06. The first-order chi connectivity index (χ1) is 8.79. The number of aliphatic carboxylic acids is 1. The van der Waals surface area contributed by atoms with Crippen LogP contribution < -0.4 is 10.6 Å². The van der Waals surface area contributed by atoms with Crippen molar-refractivity contribution in [1.82, 2.24) is 10.6 Å². The minimum atomic E-state index is -5.27. The standard InChI is InChI=1S/C8H10F6N2O3S/c1-6(4(17)18,7(9,10)11)16-5(19)15-2-3-20-8(12,13)14/h2-3H2,1H3,(H,17,18)(H2,15,16,19). The molecule has 0 aliphatic heterocycles. The third kappa shape index (κ3) is 5.75. The van der Waals surface area contributed by atoms with Gasteiger partial charge in [0.05, 0.1) is 0 Å². The summed E-state index contributed by atoms with van der Waals surface area (Å²) in [6.45, 7) is -0.358. The number of carboxylic acid groups (broad SMARTS) is 1. The molecule has 0 aromatic carbocycles. The van der Waals surface area contributed by atoms with E-state index in [1.54, 1.807) is 5.32 Å². The van der Waals surface area contributed by atoms with Gasteiger partial charge in [0.25, 0.3) is 0 Å². The van der Waals surface area contributed by atoms with E-state index in [0.717, 1.165) is 0 Å². The molecule has 20 heavy (non-hydrogen) atoms. The molecule has 0 bridgehead atoms. The molecule has 0 aliphatic rings. The fraction of sp³-hybridized carbons (Fsp3) is 0.750. The van der Waals surface area contributed by atoms with Gasteiger partial charge in [-0.05, 0) is 18.7 Å². The van der Waals surface area contributed by atoms with Crippen LogP contribution in [0.4, 0.5) is 31.1 Å². The summed E-state index contributed by atoms with van der Waals surface area (Å²) in [7, 11) is 0. The predicted octanol–water partition coefficient (Wildman–Crippen LogP) is 1.94. The van der Waals surface area contributed by atoms with E-state index in [9.17, 15) is 35.9 Å². The average molecular weight is 328 g/mol. The highest BCUT2D eigenvalue weighted by Crippen LogP contribution is 2.30. The fourth-order valence-electron chi connectivity index (χ4n) is 0.848. The molecule has 2 amide bonds. The van der Waals surface area contributed by atoms with Gasteiger partial charge in [0.2, 0.25) is 5.54 Å². The van der Waals surface area contributed by atoms with Crippen LogP contribution in [-0.2, 0) is 4.79 Å². The average Bonchev–Trinajstić information content (AvgIpc) is 2.21. The highest BCUT2D eigenvalue weighted by Gasteiger charge is 2.58. The Kier molecular flexibility index (Phi) is 5.99. The number of hydrogen-bond acceptors (Lipinski definition) is 3. The topological polar surface area (TPSA) is 78.4 Å². The zero-order chi connectivity index (χ0) is 16.2. The summed E-state index contributed by atoms with van der Waals surface area (Å²) in [4.78, 5) is 21.6. The molecule has 118 valence electrons. The maximum atomic E-state index is 12.5. The molecule has 5 nitrogen and oxygen atoms in total. The molecule has 0 aliphatic carbocycles. The van der Waals surface area contributed by atoms with Crippen LogP contribution in [0.15, 0.2) is 0 Å². The van der Waals surface area contributed by atoms with Crippen LogP contribution in [-0.4, -0.2) is 46.6 Å². The van der Waals surface area contributed by atoms with Crippen molar-refractivity contribution in [2.45, 2.75) is 24.1 Å². The second kappa shape index (κ2) is 6.41. The zero-order valence-electron chi connectivity index (χ0n) is 9.85. The lowest BCUT2D eigenvalue weighted by atomic mass is 10.0. The van der Waals surface area contributed by atoms with E-state index in [-0.39, 0.29) is 6.92 Å². The Morgan fingerprint density at radius 2 is 1.65 bits per heavy atom. The monoisotopic (exact) mass is 328 g/mol. The number of carbonyl (C=O) groups is 2. The highest BCUT2D eigenvalue weighted by atomic mass is 32.2. The Morgan fingerprint density at radius 3 is 2.00 bits per heavy atom. The minimum Gasteiger partial charge on any atom is -0.479 e. The molecule has 12 heteroatoms. The van der Waals surface area contributed by atoms with E-state index < -0.39 is 53.3 Å². The Hall–Kier alpha value is -1.33. The lowest BCUT2D eigenvalue weighted by Crippen LogP contribution is -2.63. The predicted molar refractivity (Wildman–Crippen MR) is 57.1 cm³/mol. The second-order valence-electron chi connectivity index (χ2n) is 3.60. The van der Waals surface area contributed by atoms with E-state index in [1.807, 2.05) is 0 Å². The highest BCUT2D eigenvalue weighted by molar-refractivity contribution is 8.00. The summed E-state index contributed by atoms with van der Waals surface area (Å²) in [5, 5.41) is 11.3. The Balaban J connectivity index is 4.41. The maximum Gasteiger partial charge on any atom is 0.441 e. The Bertz CT molecular complexity index is 372. The van der Waals surface area contributed by atoms with E-state index in [1.165, 1.54) is 5.32 Å². The van der Waals surface area contributed by atoms with Crippen molar-refractivity contribution in [2.75, 3.05) is 12.3 Å². The van der Waals surface area contributed by atoms with Crippen LogP contribution >= 0.6 is 11.8 Å². The fourth-order valence-corrected chi connectivity index (χ4v) is 1.28. The summed E-state index contributed by atoms with van der Waals surface area (Å²) in [5.74, 6) is -2.96. The summed E-state index contributed by atoms with van der Waals surface area (Å²) >= 11 is -0.476. The summed E-state index contributed by atoms with van der Waals surface area (Å²) < 4.78 is 72.6. The molecular weight excluding hydrogens is 318 g/mol. The molecule has 0 aromatic heterocycles. The number of amides is 2. The lowest BCUT2D eigenvalue weighted by Gasteiger charge is -2.28. The van der Waals surface area contributed by atoms with Crippen molar-refractivity contribution >= 4 is 23.8 Å². The first-order valence-electron chi connectivity index (χ1n) is 4.86. The number of hydrogen-bond donors (Lipinski definition) is 3. The number of halogens is 6. The van der Waals surface area contributed by atoms with Crippen molar-refractivity contribution in [1.29, 1.82) is 0 Å². The van der Waals surface area contributed by atoms with Crippen molar-refractivity contribution in [3.8, 4) is 0 Å². The summed E-state index contributed by atoms with van der Waals surface area (Å²) in [6.07, 6.45) is -5.27. The van der Waals surface area contributed by atoms with Gasteiger partial charge >= 0.3 is 23.7 Å². The third-order valence-electron chi connectivity index (χ3n) is 2.01. The van der Waals surface area contributed by atoms with Gasteiger partial charge in [-0.2, -0.15) is 26.3 Å². The first-order valence-corrected chi connectivity index (χ1v) is 5.85. The SMILES string of the molecule is CC(NC(=O)NCCSC(F)(F)F)(C(=O)O)C(F)(F)F. The third-order valence-corrected chi connectivity index (χ3v) is 2.75. The normalized spacial score (nSPS) is 15.3. The van der Waals surface area contributed by atoms with Crippen molar-refractivity contribution in [3.05, 3.63) is 0 Å². The Morgan fingerprint density at radius 1 is 1.15 bits per heavy atom. The van der Waals surface area contributed by atoms with Crippen LogP contribution in [0.2, 0.25) is 0 Å². The molecule has 0 fully saturated rings. The molecule has 0 aromatic rings. The molecular formula is C8H10F6N2O3S. The van der Waals surface area contributed by atoms with Gasteiger partial charge in [-0.3, -0.25) is 0 Å². The van der Waals surface area contributed by atoms with Crippen molar-refractivity contribution < 1.29 is 41.0 Å². The lowest BCUT2D eigenvalue weighted by molar-refractivity contribution is -0.203. The second-order valence-corrected chi connectivity index (χ2v) is 4.76. The molecule has 0 saturated carbocycles. The summed E-state index contributed by atoms with van der Waals surface area (Å²) in [6, 6.07) is -1.53. The van der Waals surface area contributed by atoms with Crippen LogP contribution in [0.3, 0.4) is 0 Å². The van der Waals surface area contributed by atoms with E-state index in [0.29, 0.717) is 0 Å². The molecule has 0 saturated heterocycles. The number of carbonyl (C=O) groups excluding carboxylic acids is 1.